The average molecular weight is 446 g/mol. The highest BCUT2D eigenvalue weighted by Crippen LogP contribution is 2.25. The van der Waals surface area contributed by atoms with Gasteiger partial charge >= 0.3 is 0 Å². The zero-order valence-electron chi connectivity index (χ0n) is 17.8. The van der Waals surface area contributed by atoms with E-state index in [-0.39, 0.29) is 23.5 Å². The van der Waals surface area contributed by atoms with Crippen molar-refractivity contribution >= 4 is 23.2 Å². The molecule has 0 aliphatic carbocycles. The molecule has 166 valence electrons. The number of carbonyl (C=O) groups excluding carboxylic acids is 2. The van der Waals surface area contributed by atoms with E-state index in [9.17, 15) is 14.0 Å². The molecule has 2 aromatic rings. The third kappa shape index (κ3) is 5.07. The van der Waals surface area contributed by atoms with Crippen molar-refractivity contribution in [2.24, 2.45) is 5.92 Å². The Hall–Kier alpha value is -2.45. The van der Waals surface area contributed by atoms with Gasteiger partial charge < -0.3 is 14.5 Å². The van der Waals surface area contributed by atoms with Gasteiger partial charge in [-0.2, -0.15) is 0 Å². The molecule has 8 heteroatoms. The van der Waals surface area contributed by atoms with Crippen LogP contribution >= 0.6 is 11.3 Å². The summed E-state index contributed by atoms with van der Waals surface area (Å²) >= 11 is 1.46. The number of amides is 2. The number of carbonyl (C=O) groups is 2. The molecule has 2 amide bonds. The SMILES string of the molecule is COc1ccc(F)cc1CN1CCN(C(=O)C2CCN(C(=O)c3cccs3)CC2)CC1. The van der Waals surface area contributed by atoms with Gasteiger partial charge in [-0.1, -0.05) is 6.07 Å². The number of methoxy groups -OCH3 is 1. The second-order valence-corrected chi connectivity index (χ2v) is 9.05. The average Bonchev–Trinajstić information content (AvgIpc) is 3.34. The second-order valence-electron chi connectivity index (χ2n) is 8.10. The topological polar surface area (TPSA) is 53.1 Å². The number of nitrogens with zero attached hydrogens (tertiary/aromatic N) is 3. The fraction of sp³-hybridized carbons (Fsp3) is 0.478. The Balaban J connectivity index is 1.25. The summed E-state index contributed by atoms with van der Waals surface area (Å²) in [6.07, 6.45) is 1.44. The molecule has 4 rings (SSSR count). The van der Waals surface area contributed by atoms with E-state index in [1.54, 1.807) is 13.2 Å². The van der Waals surface area contributed by atoms with E-state index < -0.39 is 0 Å². The van der Waals surface area contributed by atoms with E-state index in [0.717, 1.165) is 36.4 Å². The van der Waals surface area contributed by atoms with Crippen LogP contribution in [0.15, 0.2) is 35.7 Å². The van der Waals surface area contributed by atoms with Crippen molar-refractivity contribution in [3.63, 3.8) is 0 Å². The van der Waals surface area contributed by atoms with E-state index in [1.807, 2.05) is 27.3 Å². The van der Waals surface area contributed by atoms with Crippen LogP contribution in [0.5, 0.6) is 5.75 Å². The largest absolute Gasteiger partial charge is 0.496 e. The monoisotopic (exact) mass is 445 g/mol. The van der Waals surface area contributed by atoms with Crippen molar-refractivity contribution < 1.29 is 18.7 Å². The molecule has 0 radical (unpaired) electrons. The van der Waals surface area contributed by atoms with Crippen LogP contribution in [-0.2, 0) is 11.3 Å². The van der Waals surface area contributed by atoms with Crippen molar-refractivity contribution in [1.29, 1.82) is 0 Å². The maximum absolute atomic E-state index is 13.6. The summed E-state index contributed by atoms with van der Waals surface area (Å²) in [6, 6.07) is 8.31. The van der Waals surface area contributed by atoms with Crippen LogP contribution < -0.4 is 4.74 Å². The van der Waals surface area contributed by atoms with Crippen LogP contribution in [0.3, 0.4) is 0 Å². The summed E-state index contributed by atoms with van der Waals surface area (Å²) in [5.41, 5.74) is 0.824. The fourth-order valence-electron chi connectivity index (χ4n) is 4.38. The van der Waals surface area contributed by atoms with Crippen LogP contribution in [-0.4, -0.2) is 72.9 Å². The number of piperazine rings is 1. The molecule has 2 aliphatic heterocycles. The lowest BCUT2D eigenvalue weighted by Gasteiger charge is -2.38. The smallest absolute Gasteiger partial charge is 0.263 e. The number of rotatable bonds is 5. The number of hydrogen-bond donors (Lipinski definition) is 0. The van der Waals surface area contributed by atoms with E-state index in [0.29, 0.717) is 38.5 Å². The standard InChI is InChI=1S/C23H28FN3O3S/c1-30-20-5-4-19(24)15-18(20)16-25-10-12-27(13-11-25)22(28)17-6-8-26(9-7-17)23(29)21-3-2-14-31-21/h2-5,14-15,17H,6-13,16H2,1H3. The zero-order chi connectivity index (χ0) is 21.8. The summed E-state index contributed by atoms with van der Waals surface area (Å²) in [6.45, 7) is 4.71. The van der Waals surface area contributed by atoms with E-state index >= 15 is 0 Å². The van der Waals surface area contributed by atoms with Gasteiger partial charge in [-0.05, 0) is 42.5 Å². The van der Waals surface area contributed by atoms with Gasteiger partial charge in [0.15, 0.2) is 0 Å². The molecule has 2 fully saturated rings. The first-order valence-electron chi connectivity index (χ1n) is 10.7. The lowest BCUT2D eigenvalue weighted by atomic mass is 9.94. The third-order valence-corrected chi connectivity index (χ3v) is 7.04. The van der Waals surface area contributed by atoms with Gasteiger partial charge in [-0.3, -0.25) is 14.5 Å². The number of piperidine rings is 1. The number of ether oxygens (including phenoxy) is 1. The van der Waals surface area contributed by atoms with Crippen molar-refractivity contribution in [2.75, 3.05) is 46.4 Å². The van der Waals surface area contributed by atoms with Gasteiger partial charge in [0.1, 0.15) is 11.6 Å². The first-order chi connectivity index (χ1) is 15.0. The van der Waals surface area contributed by atoms with Crippen molar-refractivity contribution in [2.45, 2.75) is 19.4 Å². The van der Waals surface area contributed by atoms with Crippen molar-refractivity contribution in [1.82, 2.24) is 14.7 Å². The molecule has 0 spiro atoms. The molecule has 0 saturated carbocycles. The first kappa shape index (κ1) is 21.8. The molecular weight excluding hydrogens is 417 g/mol. The zero-order valence-corrected chi connectivity index (χ0v) is 18.6. The molecule has 2 aliphatic rings. The summed E-state index contributed by atoms with van der Waals surface area (Å²) < 4.78 is 19.0. The van der Waals surface area contributed by atoms with Gasteiger partial charge in [0.05, 0.1) is 12.0 Å². The fourth-order valence-corrected chi connectivity index (χ4v) is 5.07. The Kier molecular flexibility index (Phi) is 6.87. The minimum Gasteiger partial charge on any atom is -0.496 e. The lowest BCUT2D eigenvalue weighted by molar-refractivity contribution is -0.138. The van der Waals surface area contributed by atoms with Crippen LogP contribution in [0.4, 0.5) is 4.39 Å². The maximum atomic E-state index is 13.6. The van der Waals surface area contributed by atoms with Crippen LogP contribution in [0, 0.1) is 11.7 Å². The molecular formula is C23H28FN3O3S. The quantitative estimate of drug-likeness (QED) is 0.710. The van der Waals surface area contributed by atoms with E-state index in [4.69, 9.17) is 4.74 Å². The molecule has 0 N–H and O–H groups in total. The highest BCUT2D eigenvalue weighted by Gasteiger charge is 2.32. The van der Waals surface area contributed by atoms with Gasteiger partial charge in [0, 0.05) is 57.3 Å². The minimum absolute atomic E-state index is 0.0118. The van der Waals surface area contributed by atoms with E-state index in [1.165, 1.54) is 23.5 Å². The Morgan fingerprint density at radius 2 is 1.81 bits per heavy atom. The minimum atomic E-state index is -0.270. The lowest BCUT2D eigenvalue weighted by Crippen LogP contribution is -2.51. The molecule has 0 bridgehead atoms. The van der Waals surface area contributed by atoms with Crippen LogP contribution in [0.1, 0.15) is 28.1 Å². The Bertz CT molecular complexity index is 905. The summed E-state index contributed by atoms with van der Waals surface area (Å²) in [5.74, 6) is 0.674. The second kappa shape index (κ2) is 9.78. The Labute approximate surface area is 186 Å². The normalized spacial score (nSPS) is 18.3. The van der Waals surface area contributed by atoms with Crippen molar-refractivity contribution in [3.8, 4) is 5.75 Å². The number of likely N-dealkylation sites (tertiary alicyclic amines) is 1. The summed E-state index contributed by atoms with van der Waals surface area (Å²) in [5, 5.41) is 1.91. The summed E-state index contributed by atoms with van der Waals surface area (Å²) in [4.78, 5) is 32.3. The molecule has 1 aromatic heterocycles. The van der Waals surface area contributed by atoms with Crippen LogP contribution in [0.2, 0.25) is 0 Å². The predicted molar refractivity (Wildman–Crippen MR) is 118 cm³/mol. The van der Waals surface area contributed by atoms with Gasteiger partial charge in [-0.15, -0.1) is 11.3 Å². The number of hydrogen-bond acceptors (Lipinski definition) is 5. The molecule has 0 atom stereocenters. The number of halogens is 1. The molecule has 31 heavy (non-hydrogen) atoms. The maximum Gasteiger partial charge on any atom is 0.263 e. The van der Waals surface area contributed by atoms with Crippen LogP contribution in [0.25, 0.3) is 0 Å². The Morgan fingerprint density at radius 1 is 1.06 bits per heavy atom. The predicted octanol–water partition coefficient (Wildman–Crippen LogP) is 3.09. The van der Waals surface area contributed by atoms with Gasteiger partial charge in [-0.25, -0.2) is 4.39 Å². The summed E-state index contributed by atoms with van der Waals surface area (Å²) in [7, 11) is 1.59. The number of benzene rings is 1. The van der Waals surface area contributed by atoms with E-state index in [2.05, 4.69) is 4.90 Å². The molecule has 6 nitrogen and oxygen atoms in total. The third-order valence-electron chi connectivity index (χ3n) is 6.18. The highest BCUT2D eigenvalue weighted by atomic mass is 32.1. The molecule has 3 heterocycles. The van der Waals surface area contributed by atoms with Gasteiger partial charge in [0.2, 0.25) is 5.91 Å². The molecule has 0 unspecified atom stereocenters. The number of thiophene rings is 1. The first-order valence-corrected chi connectivity index (χ1v) is 11.6. The Morgan fingerprint density at radius 3 is 2.45 bits per heavy atom. The molecule has 1 aromatic carbocycles. The highest BCUT2D eigenvalue weighted by molar-refractivity contribution is 7.12. The van der Waals surface area contributed by atoms with Crippen molar-refractivity contribution in [3.05, 3.63) is 52.0 Å². The van der Waals surface area contributed by atoms with Gasteiger partial charge in [0.25, 0.3) is 5.91 Å². The molecule has 2 saturated heterocycles.